The fourth-order valence-electron chi connectivity index (χ4n) is 1.49. The van der Waals surface area contributed by atoms with Crippen LogP contribution in [0.5, 0.6) is 0 Å². The molecule has 0 aliphatic rings. The van der Waals surface area contributed by atoms with Gasteiger partial charge >= 0.3 is 6.18 Å². The number of nitrogens with two attached hydrogens (primary N) is 1. The highest BCUT2D eigenvalue weighted by molar-refractivity contribution is 5.35. The van der Waals surface area contributed by atoms with Crippen molar-refractivity contribution in [2.45, 2.75) is 32.5 Å². The highest BCUT2D eigenvalue weighted by Gasteiger charge is 2.31. The molecule has 0 bridgehead atoms. The lowest BCUT2D eigenvalue weighted by Gasteiger charge is -2.14. The quantitative estimate of drug-likeness (QED) is 0.808. The second-order valence-corrected chi connectivity index (χ2v) is 3.77. The molecule has 84 valence electrons. The molecule has 0 saturated carbocycles. The van der Waals surface area contributed by atoms with E-state index in [0.717, 1.165) is 11.6 Å². The van der Waals surface area contributed by atoms with E-state index in [9.17, 15) is 13.2 Å². The van der Waals surface area contributed by atoms with Crippen molar-refractivity contribution >= 4 is 0 Å². The highest BCUT2D eigenvalue weighted by atomic mass is 19.4. The van der Waals surface area contributed by atoms with Crippen LogP contribution < -0.4 is 5.73 Å². The first-order chi connectivity index (χ1) is 6.86. The second kappa shape index (κ2) is 4.23. The van der Waals surface area contributed by atoms with E-state index in [4.69, 9.17) is 5.73 Å². The summed E-state index contributed by atoms with van der Waals surface area (Å²) >= 11 is 0. The monoisotopic (exact) mass is 217 g/mol. The average molecular weight is 217 g/mol. The van der Waals surface area contributed by atoms with E-state index in [1.54, 1.807) is 0 Å². The summed E-state index contributed by atoms with van der Waals surface area (Å²) in [5, 5.41) is 0. The largest absolute Gasteiger partial charge is 0.416 e. The van der Waals surface area contributed by atoms with Crippen LogP contribution in [-0.4, -0.2) is 0 Å². The van der Waals surface area contributed by atoms with Gasteiger partial charge < -0.3 is 5.73 Å². The van der Waals surface area contributed by atoms with Gasteiger partial charge in [-0.25, -0.2) is 0 Å². The SMILES string of the molecule is CC(C)c1cc(C(F)(F)F)ccc1CN. The van der Waals surface area contributed by atoms with Gasteiger partial charge in [-0.15, -0.1) is 0 Å². The first-order valence-electron chi connectivity index (χ1n) is 4.76. The predicted molar refractivity (Wildman–Crippen MR) is 53.4 cm³/mol. The van der Waals surface area contributed by atoms with Gasteiger partial charge in [0.05, 0.1) is 5.56 Å². The zero-order chi connectivity index (χ0) is 11.6. The minimum atomic E-state index is -4.28. The van der Waals surface area contributed by atoms with Gasteiger partial charge in [-0.1, -0.05) is 19.9 Å². The Morgan fingerprint density at radius 3 is 2.27 bits per heavy atom. The van der Waals surface area contributed by atoms with E-state index >= 15 is 0 Å². The van der Waals surface area contributed by atoms with Crippen molar-refractivity contribution in [3.8, 4) is 0 Å². The lowest BCUT2D eigenvalue weighted by molar-refractivity contribution is -0.137. The zero-order valence-electron chi connectivity index (χ0n) is 8.73. The third-order valence-corrected chi connectivity index (χ3v) is 2.32. The predicted octanol–water partition coefficient (Wildman–Crippen LogP) is 3.29. The molecule has 2 N–H and O–H groups in total. The zero-order valence-corrected chi connectivity index (χ0v) is 8.73. The fourth-order valence-corrected chi connectivity index (χ4v) is 1.49. The summed E-state index contributed by atoms with van der Waals surface area (Å²) in [5.74, 6) is 0.0471. The highest BCUT2D eigenvalue weighted by Crippen LogP contribution is 2.32. The molecular weight excluding hydrogens is 203 g/mol. The topological polar surface area (TPSA) is 26.0 Å². The molecule has 0 amide bonds. The van der Waals surface area contributed by atoms with Crippen molar-refractivity contribution in [2.24, 2.45) is 5.73 Å². The molecule has 0 aliphatic heterocycles. The summed E-state index contributed by atoms with van der Waals surface area (Å²) in [6.45, 7) is 3.98. The van der Waals surface area contributed by atoms with Crippen LogP contribution in [0.15, 0.2) is 18.2 Å². The van der Waals surface area contributed by atoms with Crippen LogP contribution in [0.1, 0.15) is 36.5 Å². The second-order valence-electron chi connectivity index (χ2n) is 3.77. The molecule has 0 unspecified atom stereocenters. The van der Waals surface area contributed by atoms with Crippen LogP contribution in [0.25, 0.3) is 0 Å². The van der Waals surface area contributed by atoms with Gasteiger partial charge in [0.1, 0.15) is 0 Å². The van der Waals surface area contributed by atoms with E-state index < -0.39 is 11.7 Å². The molecule has 4 heteroatoms. The van der Waals surface area contributed by atoms with Crippen LogP contribution >= 0.6 is 0 Å². The maximum Gasteiger partial charge on any atom is 0.416 e. The van der Waals surface area contributed by atoms with Crippen LogP contribution in [0.2, 0.25) is 0 Å². The molecule has 0 aromatic heterocycles. The maximum absolute atomic E-state index is 12.4. The molecule has 1 rings (SSSR count). The van der Waals surface area contributed by atoms with E-state index in [0.29, 0.717) is 5.56 Å². The van der Waals surface area contributed by atoms with Gasteiger partial charge in [0.25, 0.3) is 0 Å². The number of halogens is 3. The van der Waals surface area contributed by atoms with Gasteiger partial charge in [0, 0.05) is 6.54 Å². The molecule has 0 atom stereocenters. The first kappa shape index (κ1) is 12.0. The van der Waals surface area contributed by atoms with E-state index in [2.05, 4.69) is 0 Å². The normalized spacial score (nSPS) is 12.2. The van der Waals surface area contributed by atoms with Gasteiger partial charge in [-0.2, -0.15) is 13.2 Å². The van der Waals surface area contributed by atoms with E-state index in [1.165, 1.54) is 12.1 Å². The van der Waals surface area contributed by atoms with Gasteiger partial charge in [0.2, 0.25) is 0 Å². The molecule has 0 spiro atoms. The Morgan fingerprint density at radius 2 is 1.87 bits per heavy atom. The lowest BCUT2D eigenvalue weighted by Crippen LogP contribution is -2.09. The Hall–Kier alpha value is -1.03. The number of rotatable bonds is 2. The van der Waals surface area contributed by atoms with Crippen molar-refractivity contribution in [3.05, 3.63) is 34.9 Å². The van der Waals surface area contributed by atoms with Crippen molar-refractivity contribution in [1.82, 2.24) is 0 Å². The number of hydrogen-bond donors (Lipinski definition) is 1. The summed E-state index contributed by atoms with van der Waals surface area (Å²) in [5.41, 5.74) is 6.31. The lowest BCUT2D eigenvalue weighted by atomic mass is 9.95. The standard InChI is InChI=1S/C11H14F3N/c1-7(2)10-5-9(11(12,13)14)4-3-8(10)6-15/h3-5,7H,6,15H2,1-2H3. The van der Waals surface area contributed by atoms with Gasteiger partial charge in [-0.05, 0) is 29.2 Å². The summed E-state index contributed by atoms with van der Waals surface area (Å²) in [6, 6.07) is 3.72. The molecule has 0 radical (unpaired) electrons. The van der Waals surface area contributed by atoms with Gasteiger partial charge in [-0.3, -0.25) is 0 Å². The Balaban J connectivity index is 3.22. The molecular formula is C11H14F3N. The Kier molecular flexibility index (Phi) is 3.39. The van der Waals surface area contributed by atoms with Crippen LogP contribution in [-0.2, 0) is 12.7 Å². The van der Waals surface area contributed by atoms with Crippen molar-refractivity contribution in [3.63, 3.8) is 0 Å². The number of hydrogen-bond acceptors (Lipinski definition) is 1. The Morgan fingerprint density at radius 1 is 1.27 bits per heavy atom. The van der Waals surface area contributed by atoms with Crippen molar-refractivity contribution < 1.29 is 13.2 Å². The smallest absolute Gasteiger partial charge is 0.326 e. The summed E-state index contributed by atoms with van der Waals surface area (Å²) in [7, 11) is 0. The Bertz CT molecular complexity index is 342. The molecule has 1 nitrogen and oxygen atoms in total. The van der Waals surface area contributed by atoms with E-state index in [-0.39, 0.29) is 12.5 Å². The minimum absolute atomic E-state index is 0.0471. The average Bonchev–Trinajstić information content (AvgIpc) is 2.15. The summed E-state index contributed by atoms with van der Waals surface area (Å²) < 4.78 is 37.3. The van der Waals surface area contributed by atoms with E-state index in [1.807, 2.05) is 13.8 Å². The molecule has 0 heterocycles. The van der Waals surface area contributed by atoms with Crippen LogP contribution in [0.3, 0.4) is 0 Å². The minimum Gasteiger partial charge on any atom is -0.326 e. The fraction of sp³-hybridized carbons (Fsp3) is 0.455. The van der Waals surface area contributed by atoms with Crippen LogP contribution in [0.4, 0.5) is 13.2 Å². The number of benzene rings is 1. The summed E-state index contributed by atoms with van der Waals surface area (Å²) in [4.78, 5) is 0. The van der Waals surface area contributed by atoms with Gasteiger partial charge in [0.15, 0.2) is 0 Å². The van der Waals surface area contributed by atoms with Crippen molar-refractivity contribution in [2.75, 3.05) is 0 Å². The molecule has 1 aromatic carbocycles. The molecule has 0 aliphatic carbocycles. The molecule has 0 saturated heterocycles. The Labute approximate surface area is 87.1 Å². The van der Waals surface area contributed by atoms with Crippen molar-refractivity contribution in [1.29, 1.82) is 0 Å². The molecule has 1 aromatic rings. The molecule has 15 heavy (non-hydrogen) atoms. The number of alkyl halides is 3. The molecule has 0 fully saturated rings. The summed E-state index contributed by atoms with van der Waals surface area (Å²) in [6.07, 6.45) is -4.28. The maximum atomic E-state index is 12.4. The first-order valence-corrected chi connectivity index (χ1v) is 4.76. The third-order valence-electron chi connectivity index (χ3n) is 2.32. The van der Waals surface area contributed by atoms with Crippen LogP contribution in [0, 0.1) is 0 Å². The third kappa shape index (κ3) is 2.72.